The lowest BCUT2D eigenvalue weighted by Gasteiger charge is -2.15. The molecule has 0 fully saturated rings. The fourth-order valence-electron chi connectivity index (χ4n) is 2.68. The van der Waals surface area contributed by atoms with Crippen molar-refractivity contribution < 1.29 is 13.2 Å². The first-order valence-corrected chi connectivity index (χ1v) is 10.3. The van der Waals surface area contributed by atoms with Crippen molar-refractivity contribution in [3.63, 3.8) is 0 Å². The zero-order valence-electron chi connectivity index (χ0n) is 15.1. The Morgan fingerprint density at radius 2 is 1.89 bits per heavy atom. The Labute approximate surface area is 159 Å². The second-order valence-electron chi connectivity index (χ2n) is 6.27. The van der Waals surface area contributed by atoms with Crippen molar-refractivity contribution in [3.05, 3.63) is 67.0 Å². The molecule has 142 valence electrons. The number of hydrogen-bond acceptors (Lipinski definition) is 5. The molecule has 1 heterocycles. The number of nitrogens with one attached hydrogen (secondary N) is 2. The first kappa shape index (κ1) is 19.3. The van der Waals surface area contributed by atoms with Gasteiger partial charge in [0, 0.05) is 36.9 Å². The molecule has 2 N–H and O–H groups in total. The van der Waals surface area contributed by atoms with Crippen molar-refractivity contribution in [2.24, 2.45) is 0 Å². The van der Waals surface area contributed by atoms with Crippen LogP contribution in [0.5, 0.6) is 5.75 Å². The maximum absolute atomic E-state index is 12.6. The van der Waals surface area contributed by atoms with Gasteiger partial charge < -0.3 is 10.1 Å². The van der Waals surface area contributed by atoms with Gasteiger partial charge in [0.15, 0.2) is 0 Å². The molecular weight excluding hydrogens is 362 g/mol. The maximum atomic E-state index is 12.6. The minimum atomic E-state index is -3.58. The van der Waals surface area contributed by atoms with Crippen molar-refractivity contribution in [2.75, 3.05) is 19.7 Å². The summed E-state index contributed by atoms with van der Waals surface area (Å²) >= 11 is 0. The number of sulfonamides is 1. The van der Waals surface area contributed by atoms with E-state index in [0.29, 0.717) is 19.7 Å². The number of para-hydroxylation sites is 1. The Hall–Kier alpha value is -2.48. The summed E-state index contributed by atoms with van der Waals surface area (Å²) in [4.78, 5) is 4.29. The van der Waals surface area contributed by atoms with Crippen LogP contribution in [0.4, 0.5) is 0 Å². The van der Waals surface area contributed by atoms with Crippen molar-refractivity contribution in [3.8, 4) is 5.75 Å². The van der Waals surface area contributed by atoms with Gasteiger partial charge in [0.05, 0.1) is 4.90 Å². The largest absolute Gasteiger partial charge is 0.492 e. The predicted molar refractivity (Wildman–Crippen MR) is 106 cm³/mol. The summed E-state index contributed by atoms with van der Waals surface area (Å²) in [7, 11) is -3.58. The Morgan fingerprint density at radius 3 is 2.70 bits per heavy atom. The summed E-state index contributed by atoms with van der Waals surface area (Å²) < 4.78 is 33.5. The van der Waals surface area contributed by atoms with Gasteiger partial charge in [0.25, 0.3) is 0 Å². The van der Waals surface area contributed by atoms with Crippen molar-refractivity contribution in [1.82, 2.24) is 15.0 Å². The standard InChI is InChI=1S/C20H23N3O3S/c1-16(14-22-11-12-26-19-5-3-2-4-6-19)23-27(24,25)20-8-7-18-15-21-10-9-17(18)13-20/h2-10,13,15-16,22-23H,11-12,14H2,1H3/t16-/m1/s1. The third-order valence-electron chi connectivity index (χ3n) is 4.02. The van der Waals surface area contributed by atoms with E-state index < -0.39 is 10.0 Å². The minimum Gasteiger partial charge on any atom is -0.492 e. The van der Waals surface area contributed by atoms with Crippen LogP contribution in [0.25, 0.3) is 10.8 Å². The van der Waals surface area contributed by atoms with E-state index in [9.17, 15) is 8.42 Å². The lowest BCUT2D eigenvalue weighted by atomic mass is 10.2. The average molecular weight is 385 g/mol. The molecule has 1 atom stereocenters. The lowest BCUT2D eigenvalue weighted by molar-refractivity contribution is 0.312. The fraction of sp³-hybridized carbons (Fsp3) is 0.250. The number of hydrogen-bond donors (Lipinski definition) is 2. The highest BCUT2D eigenvalue weighted by Gasteiger charge is 2.17. The van der Waals surface area contributed by atoms with Crippen LogP contribution in [0.3, 0.4) is 0 Å². The first-order chi connectivity index (χ1) is 13.0. The molecule has 6 nitrogen and oxygen atoms in total. The van der Waals surface area contributed by atoms with Crippen LogP contribution in [-0.4, -0.2) is 39.1 Å². The number of pyridine rings is 1. The molecule has 0 saturated heterocycles. The van der Waals surface area contributed by atoms with Crippen LogP contribution >= 0.6 is 0 Å². The molecule has 7 heteroatoms. The smallest absolute Gasteiger partial charge is 0.240 e. The number of ether oxygens (including phenoxy) is 1. The molecule has 3 aromatic rings. The number of nitrogens with zero attached hydrogens (tertiary/aromatic N) is 1. The van der Waals surface area contributed by atoms with Crippen LogP contribution < -0.4 is 14.8 Å². The summed E-state index contributed by atoms with van der Waals surface area (Å²) in [5.41, 5.74) is 0. The second kappa shape index (κ2) is 8.94. The van der Waals surface area contributed by atoms with Gasteiger partial charge in [-0.05, 0) is 42.6 Å². The Bertz CT molecular complexity index is 978. The highest BCUT2D eigenvalue weighted by molar-refractivity contribution is 7.89. The van der Waals surface area contributed by atoms with Crippen molar-refractivity contribution in [1.29, 1.82) is 0 Å². The van der Waals surface area contributed by atoms with Crippen LogP contribution in [0, 0.1) is 0 Å². The van der Waals surface area contributed by atoms with Crippen molar-refractivity contribution >= 4 is 20.8 Å². The summed E-state index contributed by atoms with van der Waals surface area (Å²) in [6.45, 7) is 3.48. The van der Waals surface area contributed by atoms with Gasteiger partial charge in [-0.3, -0.25) is 4.98 Å². The molecule has 0 aliphatic carbocycles. The molecule has 3 rings (SSSR count). The molecular formula is C20H23N3O3S. The fourth-order valence-corrected chi connectivity index (χ4v) is 3.96. The highest BCUT2D eigenvalue weighted by atomic mass is 32.2. The Balaban J connectivity index is 1.47. The SMILES string of the molecule is C[C@H](CNCCOc1ccccc1)NS(=O)(=O)c1ccc2cnccc2c1. The predicted octanol–water partition coefficient (Wildman–Crippen LogP) is 2.57. The molecule has 0 aliphatic rings. The van der Waals surface area contributed by atoms with Gasteiger partial charge in [0.1, 0.15) is 12.4 Å². The normalized spacial score (nSPS) is 12.8. The third kappa shape index (κ3) is 5.50. The van der Waals surface area contributed by atoms with Gasteiger partial charge >= 0.3 is 0 Å². The van der Waals surface area contributed by atoms with Crippen molar-refractivity contribution in [2.45, 2.75) is 17.9 Å². The quantitative estimate of drug-likeness (QED) is 0.554. The van der Waals surface area contributed by atoms with Gasteiger partial charge in [-0.25, -0.2) is 13.1 Å². The van der Waals surface area contributed by atoms with Gasteiger partial charge in [-0.15, -0.1) is 0 Å². The number of fused-ring (bicyclic) bond motifs is 1. The number of rotatable bonds is 9. The highest BCUT2D eigenvalue weighted by Crippen LogP contribution is 2.18. The summed E-state index contributed by atoms with van der Waals surface area (Å²) in [5.74, 6) is 0.819. The van der Waals surface area contributed by atoms with Crippen LogP contribution in [0.1, 0.15) is 6.92 Å². The molecule has 1 aromatic heterocycles. The van der Waals surface area contributed by atoms with E-state index in [-0.39, 0.29) is 10.9 Å². The summed E-state index contributed by atoms with van der Waals surface area (Å²) in [5, 5.41) is 4.95. The lowest BCUT2D eigenvalue weighted by Crippen LogP contribution is -2.40. The van der Waals surface area contributed by atoms with Gasteiger partial charge in [-0.2, -0.15) is 0 Å². The Morgan fingerprint density at radius 1 is 1.07 bits per heavy atom. The zero-order chi connectivity index (χ0) is 19.1. The summed E-state index contributed by atoms with van der Waals surface area (Å²) in [6.07, 6.45) is 3.36. The third-order valence-corrected chi connectivity index (χ3v) is 5.61. The first-order valence-electron chi connectivity index (χ1n) is 8.79. The minimum absolute atomic E-state index is 0.250. The summed E-state index contributed by atoms with van der Waals surface area (Å²) in [6, 6.07) is 16.1. The molecule has 0 aliphatic heterocycles. The zero-order valence-corrected chi connectivity index (χ0v) is 15.9. The number of aromatic nitrogens is 1. The molecule has 27 heavy (non-hydrogen) atoms. The average Bonchev–Trinajstić information content (AvgIpc) is 2.68. The molecule has 0 unspecified atom stereocenters. The van der Waals surface area contributed by atoms with Gasteiger partial charge in [0.2, 0.25) is 10.0 Å². The van der Waals surface area contributed by atoms with E-state index in [1.165, 1.54) is 0 Å². The van der Waals surface area contributed by atoms with E-state index in [2.05, 4.69) is 15.0 Å². The molecule has 0 saturated carbocycles. The Kier molecular flexibility index (Phi) is 6.39. The molecule has 0 radical (unpaired) electrons. The van der Waals surface area contributed by atoms with E-state index in [1.807, 2.05) is 37.3 Å². The van der Waals surface area contributed by atoms with E-state index in [4.69, 9.17) is 4.74 Å². The topological polar surface area (TPSA) is 80.3 Å². The van der Waals surface area contributed by atoms with Crippen LogP contribution in [0.15, 0.2) is 71.9 Å². The number of benzene rings is 2. The maximum Gasteiger partial charge on any atom is 0.240 e. The molecule has 2 aromatic carbocycles. The van der Waals surface area contributed by atoms with Crippen LogP contribution in [-0.2, 0) is 10.0 Å². The molecule has 0 spiro atoms. The van der Waals surface area contributed by atoms with E-state index in [1.54, 1.807) is 36.7 Å². The molecule has 0 amide bonds. The molecule has 0 bridgehead atoms. The van der Waals surface area contributed by atoms with E-state index >= 15 is 0 Å². The van der Waals surface area contributed by atoms with Gasteiger partial charge in [-0.1, -0.05) is 24.3 Å². The van der Waals surface area contributed by atoms with E-state index in [0.717, 1.165) is 16.5 Å². The monoisotopic (exact) mass is 385 g/mol. The second-order valence-corrected chi connectivity index (χ2v) is 7.99. The van der Waals surface area contributed by atoms with Crippen LogP contribution in [0.2, 0.25) is 0 Å².